The monoisotopic (exact) mass is 293 g/mol. The van der Waals surface area contributed by atoms with Gasteiger partial charge in [0, 0.05) is 17.8 Å². The van der Waals surface area contributed by atoms with Crippen LogP contribution in [0.2, 0.25) is 5.02 Å². The highest BCUT2D eigenvalue weighted by atomic mass is 35.5. The molecular formula is C13H16ClN5O. The van der Waals surface area contributed by atoms with Crippen LogP contribution in [0.5, 0.6) is 6.01 Å². The molecule has 20 heavy (non-hydrogen) atoms. The van der Waals surface area contributed by atoms with Gasteiger partial charge in [0.05, 0.1) is 6.61 Å². The van der Waals surface area contributed by atoms with Crippen LogP contribution >= 0.6 is 11.6 Å². The van der Waals surface area contributed by atoms with Crippen LogP contribution < -0.4 is 15.4 Å². The molecule has 6 nitrogen and oxygen atoms in total. The number of aryl methyl sites for hydroxylation is 1. The van der Waals surface area contributed by atoms with E-state index in [0.717, 1.165) is 11.3 Å². The van der Waals surface area contributed by atoms with Gasteiger partial charge in [0.1, 0.15) is 0 Å². The van der Waals surface area contributed by atoms with Gasteiger partial charge in [0.2, 0.25) is 11.9 Å². The summed E-state index contributed by atoms with van der Waals surface area (Å²) in [4.78, 5) is 12.5. The molecule has 0 atom stereocenters. The van der Waals surface area contributed by atoms with Crippen molar-refractivity contribution in [2.75, 3.05) is 24.3 Å². The van der Waals surface area contributed by atoms with E-state index in [2.05, 4.69) is 25.6 Å². The summed E-state index contributed by atoms with van der Waals surface area (Å²) < 4.78 is 5.30. The Hall–Kier alpha value is -2.08. The first-order valence-electron chi connectivity index (χ1n) is 6.22. The quantitative estimate of drug-likeness (QED) is 0.883. The minimum absolute atomic E-state index is 0.271. The van der Waals surface area contributed by atoms with Crippen molar-refractivity contribution in [2.45, 2.75) is 13.8 Å². The van der Waals surface area contributed by atoms with Crippen LogP contribution in [0.1, 0.15) is 12.5 Å². The number of nitrogens with one attached hydrogen (secondary N) is 2. The molecule has 2 aromatic rings. The lowest BCUT2D eigenvalue weighted by molar-refractivity contribution is 0.312. The Bertz CT molecular complexity index is 605. The number of nitrogens with zero attached hydrogens (tertiary/aromatic N) is 3. The molecule has 2 N–H and O–H groups in total. The number of aromatic nitrogens is 3. The van der Waals surface area contributed by atoms with Crippen molar-refractivity contribution in [3.05, 3.63) is 28.8 Å². The number of ether oxygens (including phenoxy) is 1. The molecule has 0 amide bonds. The molecule has 0 aliphatic carbocycles. The average molecular weight is 294 g/mol. The molecule has 0 saturated heterocycles. The molecular weight excluding hydrogens is 278 g/mol. The Labute approximate surface area is 122 Å². The van der Waals surface area contributed by atoms with E-state index in [-0.39, 0.29) is 6.01 Å². The van der Waals surface area contributed by atoms with E-state index in [1.807, 2.05) is 32.0 Å². The van der Waals surface area contributed by atoms with Gasteiger partial charge in [-0.15, -0.1) is 0 Å². The summed E-state index contributed by atoms with van der Waals surface area (Å²) in [6, 6.07) is 5.92. The summed E-state index contributed by atoms with van der Waals surface area (Å²) in [6.07, 6.45) is 0. The van der Waals surface area contributed by atoms with Gasteiger partial charge in [-0.2, -0.15) is 15.0 Å². The zero-order chi connectivity index (χ0) is 14.5. The van der Waals surface area contributed by atoms with Crippen LogP contribution in [0, 0.1) is 6.92 Å². The van der Waals surface area contributed by atoms with Gasteiger partial charge in [-0.25, -0.2) is 0 Å². The lowest BCUT2D eigenvalue weighted by atomic mass is 10.2. The van der Waals surface area contributed by atoms with E-state index < -0.39 is 0 Å². The zero-order valence-electron chi connectivity index (χ0n) is 11.6. The molecule has 0 aliphatic heterocycles. The van der Waals surface area contributed by atoms with Gasteiger partial charge in [0.25, 0.3) is 0 Å². The standard InChI is InChI=1S/C13H16ClN5O/c1-4-20-13-18-11(15-3)17-12(19-13)16-9-6-5-8(2)10(14)7-9/h5-7H,4H2,1-3H3,(H2,15,16,17,18,19). The summed E-state index contributed by atoms with van der Waals surface area (Å²) in [5.74, 6) is 0.830. The van der Waals surface area contributed by atoms with E-state index in [1.54, 1.807) is 7.05 Å². The first-order chi connectivity index (χ1) is 9.62. The molecule has 1 heterocycles. The fourth-order valence-electron chi connectivity index (χ4n) is 1.52. The number of hydrogen-bond acceptors (Lipinski definition) is 6. The van der Waals surface area contributed by atoms with E-state index in [0.29, 0.717) is 23.5 Å². The van der Waals surface area contributed by atoms with Gasteiger partial charge in [0.15, 0.2) is 0 Å². The van der Waals surface area contributed by atoms with Crippen LogP contribution in [-0.4, -0.2) is 28.6 Å². The van der Waals surface area contributed by atoms with Crippen LogP contribution in [0.15, 0.2) is 18.2 Å². The van der Waals surface area contributed by atoms with E-state index in [9.17, 15) is 0 Å². The summed E-state index contributed by atoms with van der Waals surface area (Å²) in [6.45, 7) is 4.31. The molecule has 1 aromatic heterocycles. The second-order valence-corrected chi connectivity index (χ2v) is 4.44. The fraction of sp³-hybridized carbons (Fsp3) is 0.308. The second kappa shape index (κ2) is 6.38. The van der Waals surface area contributed by atoms with Crippen LogP contribution in [0.25, 0.3) is 0 Å². The molecule has 0 spiro atoms. The third kappa shape index (κ3) is 3.48. The maximum absolute atomic E-state index is 6.09. The van der Waals surface area contributed by atoms with Crippen molar-refractivity contribution in [2.24, 2.45) is 0 Å². The molecule has 0 saturated carbocycles. The lowest BCUT2D eigenvalue weighted by Gasteiger charge is -2.09. The molecule has 7 heteroatoms. The molecule has 0 bridgehead atoms. The van der Waals surface area contributed by atoms with Gasteiger partial charge >= 0.3 is 6.01 Å². The molecule has 106 valence electrons. The molecule has 0 aliphatic rings. The molecule has 1 aromatic carbocycles. The Morgan fingerprint density at radius 1 is 1.20 bits per heavy atom. The summed E-state index contributed by atoms with van der Waals surface area (Å²) in [5.41, 5.74) is 1.81. The Morgan fingerprint density at radius 3 is 2.60 bits per heavy atom. The number of benzene rings is 1. The summed E-state index contributed by atoms with van der Waals surface area (Å²) in [7, 11) is 1.73. The van der Waals surface area contributed by atoms with Crippen LogP contribution in [0.4, 0.5) is 17.6 Å². The van der Waals surface area contributed by atoms with Crippen molar-refractivity contribution < 1.29 is 4.74 Å². The molecule has 2 rings (SSSR count). The third-order valence-electron chi connectivity index (χ3n) is 2.54. The van der Waals surface area contributed by atoms with Crippen molar-refractivity contribution in [1.29, 1.82) is 0 Å². The maximum atomic E-state index is 6.09. The summed E-state index contributed by atoms with van der Waals surface area (Å²) in [5, 5.41) is 6.63. The van der Waals surface area contributed by atoms with E-state index >= 15 is 0 Å². The van der Waals surface area contributed by atoms with Crippen molar-refractivity contribution in [3.8, 4) is 6.01 Å². The lowest BCUT2D eigenvalue weighted by Crippen LogP contribution is -2.07. The molecule has 0 unspecified atom stereocenters. The molecule has 0 radical (unpaired) electrons. The number of hydrogen-bond donors (Lipinski definition) is 2. The maximum Gasteiger partial charge on any atom is 0.323 e. The second-order valence-electron chi connectivity index (χ2n) is 4.04. The predicted molar refractivity (Wildman–Crippen MR) is 80.0 cm³/mol. The highest BCUT2D eigenvalue weighted by Gasteiger charge is 2.07. The normalized spacial score (nSPS) is 10.2. The fourth-order valence-corrected chi connectivity index (χ4v) is 1.70. The number of anilines is 3. The summed E-state index contributed by atoms with van der Waals surface area (Å²) >= 11 is 6.09. The van der Waals surface area contributed by atoms with Crippen molar-refractivity contribution in [1.82, 2.24) is 15.0 Å². The third-order valence-corrected chi connectivity index (χ3v) is 2.95. The first kappa shape index (κ1) is 14.3. The average Bonchev–Trinajstić information content (AvgIpc) is 2.43. The molecule has 0 fully saturated rings. The Kier molecular flexibility index (Phi) is 4.57. The largest absolute Gasteiger partial charge is 0.464 e. The highest BCUT2D eigenvalue weighted by molar-refractivity contribution is 6.31. The van der Waals surface area contributed by atoms with Gasteiger partial charge in [-0.3, -0.25) is 0 Å². The Balaban J connectivity index is 2.27. The van der Waals surface area contributed by atoms with E-state index in [1.165, 1.54) is 0 Å². The minimum atomic E-state index is 0.271. The van der Waals surface area contributed by atoms with Crippen LogP contribution in [0.3, 0.4) is 0 Å². The van der Waals surface area contributed by atoms with Crippen LogP contribution in [-0.2, 0) is 0 Å². The van der Waals surface area contributed by atoms with Gasteiger partial charge in [-0.05, 0) is 31.5 Å². The first-order valence-corrected chi connectivity index (χ1v) is 6.60. The van der Waals surface area contributed by atoms with Gasteiger partial charge < -0.3 is 15.4 Å². The van der Waals surface area contributed by atoms with Crippen molar-refractivity contribution >= 4 is 29.2 Å². The minimum Gasteiger partial charge on any atom is -0.464 e. The van der Waals surface area contributed by atoms with Gasteiger partial charge in [-0.1, -0.05) is 17.7 Å². The zero-order valence-corrected chi connectivity index (χ0v) is 12.3. The van der Waals surface area contributed by atoms with Crippen molar-refractivity contribution in [3.63, 3.8) is 0 Å². The number of rotatable bonds is 5. The SMILES string of the molecule is CCOc1nc(NC)nc(Nc2ccc(C)c(Cl)c2)n1. The topological polar surface area (TPSA) is 72.0 Å². The Morgan fingerprint density at radius 2 is 1.95 bits per heavy atom. The smallest absolute Gasteiger partial charge is 0.323 e. The highest BCUT2D eigenvalue weighted by Crippen LogP contribution is 2.22. The predicted octanol–water partition coefficient (Wildman–Crippen LogP) is 3.02. The van der Waals surface area contributed by atoms with E-state index in [4.69, 9.17) is 16.3 Å². The number of halogens is 1.